The quantitative estimate of drug-likeness (QED) is 0.790. The molecular weight excluding hydrogens is 254 g/mol. The summed E-state index contributed by atoms with van der Waals surface area (Å²) in [7, 11) is 0. The van der Waals surface area contributed by atoms with Gasteiger partial charge in [-0.1, -0.05) is 0 Å². The van der Waals surface area contributed by atoms with Gasteiger partial charge in [-0.05, 0) is 25.0 Å². The number of nitrogens with zero attached hydrogens (tertiary/aromatic N) is 4. The molecule has 3 aromatic heterocycles. The van der Waals surface area contributed by atoms with Gasteiger partial charge < -0.3 is 14.3 Å². The molecule has 4 heterocycles. The fourth-order valence-electron chi connectivity index (χ4n) is 2.70. The van der Waals surface area contributed by atoms with Crippen LogP contribution in [0.3, 0.4) is 0 Å². The van der Waals surface area contributed by atoms with Crippen molar-refractivity contribution in [1.82, 2.24) is 19.7 Å². The van der Waals surface area contributed by atoms with Gasteiger partial charge in [-0.3, -0.25) is 0 Å². The first-order valence-electron chi connectivity index (χ1n) is 6.89. The highest BCUT2D eigenvalue weighted by atomic mass is 16.3. The van der Waals surface area contributed by atoms with Crippen LogP contribution in [0.25, 0.3) is 11.0 Å². The van der Waals surface area contributed by atoms with Crippen molar-refractivity contribution in [2.24, 2.45) is 0 Å². The van der Waals surface area contributed by atoms with Gasteiger partial charge in [-0.2, -0.15) is 0 Å². The number of furan rings is 1. The summed E-state index contributed by atoms with van der Waals surface area (Å²) < 4.78 is 7.59. The number of aryl methyl sites for hydroxylation is 1. The highest BCUT2D eigenvalue weighted by Crippen LogP contribution is 2.22. The van der Waals surface area contributed by atoms with E-state index in [-0.39, 0.29) is 0 Å². The van der Waals surface area contributed by atoms with Crippen LogP contribution in [-0.4, -0.2) is 19.7 Å². The van der Waals surface area contributed by atoms with E-state index in [1.54, 1.807) is 12.5 Å². The Morgan fingerprint density at radius 3 is 3.25 bits per heavy atom. The fraction of sp³-hybridized carbons (Fsp3) is 0.357. The van der Waals surface area contributed by atoms with Crippen LogP contribution in [-0.2, 0) is 19.5 Å². The molecular formula is C14H15N5O. The molecule has 0 atom stereocenters. The van der Waals surface area contributed by atoms with Crippen LogP contribution >= 0.6 is 0 Å². The molecule has 0 amide bonds. The average Bonchev–Trinajstić information content (AvgIpc) is 3.12. The van der Waals surface area contributed by atoms with Gasteiger partial charge in [0.1, 0.15) is 17.2 Å². The Labute approximate surface area is 115 Å². The molecule has 0 radical (unpaired) electrons. The number of hydrogen-bond donors (Lipinski definition) is 1. The fourth-order valence-corrected chi connectivity index (χ4v) is 2.70. The molecule has 0 aliphatic carbocycles. The lowest BCUT2D eigenvalue weighted by atomic mass is 10.2. The minimum absolute atomic E-state index is 0.629. The van der Waals surface area contributed by atoms with Crippen molar-refractivity contribution in [3.8, 4) is 0 Å². The molecule has 0 aromatic carbocycles. The average molecular weight is 269 g/mol. The molecule has 6 nitrogen and oxygen atoms in total. The minimum atomic E-state index is 0.629. The molecule has 0 saturated heterocycles. The predicted octanol–water partition coefficient (Wildman–Crippen LogP) is 2.37. The van der Waals surface area contributed by atoms with Crippen LogP contribution in [0.5, 0.6) is 0 Å². The molecule has 1 aliphatic rings. The van der Waals surface area contributed by atoms with Gasteiger partial charge in [0.15, 0.2) is 5.82 Å². The molecule has 0 bridgehead atoms. The normalized spacial score (nSPS) is 14.4. The summed E-state index contributed by atoms with van der Waals surface area (Å²) in [6.45, 7) is 1.65. The molecule has 20 heavy (non-hydrogen) atoms. The number of pyridine rings is 1. The van der Waals surface area contributed by atoms with Crippen LogP contribution in [0.15, 0.2) is 29.0 Å². The Bertz CT molecular complexity index is 745. The molecule has 0 saturated carbocycles. The van der Waals surface area contributed by atoms with Crippen molar-refractivity contribution >= 4 is 16.8 Å². The van der Waals surface area contributed by atoms with E-state index in [0.29, 0.717) is 6.54 Å². The third-order valence-electron chi connectivity index (χ3n) is 3.73. The van der Waals surface area contributed by atoms with Crippen molar-refractivity contribution < 1.29 is 4.42 Å². The van der Waals surface area contributed by atoms with E-state index in [2.05, 4.69) is 25.1 Å². The maximum absolute atomic E-state index is 5.37. The second-order valence-electron chi connectivity index (χ2n) is 4.99. The number of nitrogens with one attached hydrogen (secondary N) is 1. The van der Waals surface area contributed by atoms with Gasteiger partial charge in [-0.15, -0.1) is 10.2 Å². The van der Waals surface area contributed by atoms with Crippen LogP contribution in [0.1, 0.15) is 24.5 Å². The Morgan fingerprint density at radius 1 is 1.25 bits per heavy atom. The number of hydrogen-bond acceptors (Lipinski definition) is 5. The van der Waals surface area contributed by atoms with Crippen LogP contribution in [0.4, 0.5) is 5.82 Å². The minimum Gasteiger partial charge on any atom is -0.464 e. The zero-order valence-electron chi connectivity index (χ0n) is 11.0. The maximum atomic E-state index is 5.37. The molecule has 0 unspecified atom stereocenters. The molecule has 0 spiro atoms. The lowest BCUT2D eigenvalue weighted by Crippen LogP contribution is -2.15. The summed E-state index contributed by atoms with van der Waals surface area (Å²) >= 11 is 0. The van der Waals surface area contributed by atoms with Crippen molar-refractivity contribution in [2.45, 2.75) is 32.4 Å². The van der Waals surface area contributed by atoms with Crippen LogP contribution < -0.4 is 5.32 Å². The monoisotopic (exact) mass is 269 g/mol. The first-order valence-corrected chi connectivity index (χ1v) is 6.89. The number of aromatic nitrogens is 4. The van der Waals surface area contributed by atoms with E-state index < -0.39 is 0 Å². The molecule has 3 aromatic rings. The maximum Gasteiger partial charge on any atom is 0.152 e. The number of rotatable bonds is 3. The van der Waals surface area contributed by atoms with E-state index >= 15 is 0 Å². The summed E-state index contributed by atoms with van der Waals surface area (Å²) in [6, 6.07) is 3.78. The Kier molecular flexibility index (Phi) is 2.65. The van der Waals surface area contributed by atoms with Crippen LogP contribution in [0.2, 0.25) is 0 Å². The molecule has 1 N–H and O–H groups in total. The van der Waals surface area contributed by atoms with Crippen molar-refractivity contribution in [2.75, 3.05) is 5.32 Å². The highest BCUT2D eigenvalue weighted by molar-refractivity contribution is 5.87. The van der Waals surface area contributed by atoms with Gasteiger partial charge in [-0.25, -0.2) is 4.98 Å². The van der Waals surface area contributed by atoms with Crippen LogP contribution in [0, 0.1) is 0 Å². The first kappa shape index (κ1) is 11.5. The SMILES string of the molecule is c1cc2occc2c(NCc2nnc3n2CCCC3)n1. The zero-order chi connectivity index (χ0) is 13.4. The summed E-state index contributed by atoms with van der Waals surface area (Å²) in [6.07, 6.45) is 6.86. The van der Waals surface area contributed by atoms with Gasteiger partial charge in [0.2, 0.25) is 0 Å². The second-order valence-corrected chi connectivity index (χ2v) is 4.99. The zero-order valence-corrected chi connectivity index (χ0v) is 11.0. The van der Waals surface area contributed by atoms with Crippen molar-refractivity contribution in [1.29, 1.82) is 0 Å². The van der Waals surface area contributed by atoms with Gasteiger partial charge >= 0.3 is 0 Å². The summed E-state index contributed by atoms with van der Waals surface area (Å²) in [4.78, 5) is 4.36. The lowest BCUT2D eigenvalue weighted by Gasteiger charge is -2.15. The van der Waals surface area contributed by atoms with Gasteiger partial charge in [0, 0.05) is 19.2 Å². The van der Waals surface area contributed by atoms with E-state index in [9.17, 15) is 0 Å². The van der Waals surface area contributed by atoms with Gasteiger partial charge in [0.25, 0.3) is 0 Å². The van der Waals surface area contributed by atoms with E-state index in [4.69, 9.17) is 4.42 Å². The van der Waals surface area contributed by atoms with Crippen molar-refractivity contribution in [3.05, 3.63) is 36.2 Å². The van der Waals surface area contributed by atoms with E-state index in [0.717, 1.165) is 41.4 Å². The largest absolute Gasteiger partial charge is 0.464 e. The first-order chi connectivity index (χ1) is 9.92. The Hall–Kier alpha value is -2.37. The van der Waals surface area contributed by atoms with E-state index in [1.165, 1.54) is 12.8 Å². The highest BCUT2D eigenvalue weighted by Gasteiger charge is 2.15. The van der Waals surface area contributed by atoms with Crippen molar-refractivity contribution in [3.63, 3.8) is 0 Å². The Morgan fingerprint density at radius 2 is 2.25 bits per heavy atom. The topological polar surface area (TPSA) is 68.8 Å². The summed E-state index contributed by atoms with van der Waals surface area (Å²) in [5.41, 5.74) is 0.839. The molecule has 4 rings (SSSR count). The summed E-state index contributed by atoms with van der Waals surface area (Å²) in [5, 5.41) is 12.9. The molecule has 102 valence electrons. The predicted molar refractivity (Wildman–Crippen MR) is 74.3 cm³/mol. The molecule has 0 fully saturated rings. The molecule has 6 heteroatoms. The third-order valence-corrected chi connectivity index (χ3v) is 3.73. The number of anilines is 1. The third kappa shape index (κ3) is 1.84. The smallest absolute Gasteiger partial charge is 0.152 e. The standard InChI is InChI=1S/C14H15N5O/c1-2-7-19-12(3-1)17-18-13(19)9-16-14-10-5-8-20-11(10)4-6-15-14/h4-6,8H,1-3,7,9H2,(H,15,16). The summed E-state index contributed by atoms with van der Waals surface area (Å²) in [5.74, 6) is 2.90. The van der Waals surface area contributed by atoms with Gasteiger partial charge in [0.05, 0.1) is 18.2 Å². The van der Waals surface area contributed by atoms with E-state index in [1.807, 2.05) is 12.1 Å². The number of fused-ring (bicyclic) bond motifs is 2. The Balaban J connectivity index is 1.58. The molecule has 1 aliphatic heterocycles. The second kappa shape index (κ2) is 4.63. The lowest BCUT2D eigenvalue weighted by molar-refractivity contribution is 0.509.